The summed E-state index contributed by atoms with van der Waals surface area (Å²) in [6, 6.07) is 0.721. The van der Waals surface area contributed by atoms with Crippen LogP contribution in [0.4, 0.5) is 0 Å². The van der Waals surface area contributed by atoms with E-state index >= 15 is 0 Å². The van der Waals surface area contributed by atoms with Crippen LogP contribution in [0.3, 0.4) is 0 Å². The molecule has 1 aromatic heterocycles. The van der Waals surface area contributed by atoms with E-state index in [4.69, 9.17) is 0 Å². The minimum absolute atomic E-state index is 0.721. The first-order valence-corrected chi connectivity index (χ1v) is 3.86. The van der Waals surface area contributed by atoms with E-state index in [1.165, 1.54) is 25.7 Å². The second-order valence-electron chi connectivity index (χ2n) is 2.89. The zero-order chi connectivity index (χ0) is 6.81. The van der Waals surface area contributed by atoms with Crippen LogP contribution in [0.25, 0.3) is 0 Å². The maximum Gasteiger partial charge on any atom is 0.108 e. The van der Waals surface area contributed by atoms with Crippen LogP contribution in [0, 0.1) is 6.20 Å². The van der Waals surface area contributed by atoms with Crippen LogP contribution < -0.4 is 0 Å². The third-order valence-corrected chi connectivity index (χ3v) is 2.22. The third kappa shape index (κ3) is 0.939. The largest absolute Gasteiger partial charge is 0.334 e. The van der Waals surface area contributed by atoms with Crippen molar-refractivity contribution in [3.05, 3.63) is 18.7 Å². The van der Waals surface area contributed by atoms with Crippen molar-refractivity contribution in [1.29, 1.82) is 0 Å². The topological polar surface area (TPSA) is 17.8 Å². The first-order valence-electron chi connectivity index (χ1n) is 3.86. The molecular weight excluding hydrogens is 124 g/mol. The Balaban J connectivity index is 2.12. The van der Waals surface area contributed by atoms with Crippen LogP contribution in [0.1, 0.15) is 31.7 Å². The number of hydrogen-bond acceptors (Lipinski definition) is 1. The summed E-state index contributed by atoms with van der Waals surface area (Å²) in [5.41, 5.74) is 0. The molecule has 1 radical (unpaired) electrons. The molecule has 0 N–H and O–H groups in total. The minimum atomic E-state index is 0.721. The molecule has 53 valence electrons. The summed E-state index contributed by atoms with van der Waals surface area (Å²) in [7, 11) is 0. The molecule has 0 bridgehead atoms. The predicted molar refractivity (Wildman–Crippen MR) is 38.6 cm³/mol. The molecule has 2 rings (SSSR count). The zero-order valence-electron chi connectivity index (χ0n) is 5.95. The lowest BCUT2D eigenvalue weighted by atomic mass is 10.2. The number of imidazole rings is 1. The number of hydrogen-bond donors (Lipinski definition) is 0. The Kier molecular flexibility index (Phi) is 1.46. The monoisotopic (exact) mass is 135 g/mol. The summed E-state index contributed by atoms with van der Waals surface area (Å²) < 4.78 is 2.17. The van der Waals surface area contributed by atoms with E-state index in [2.05, 4.69) is 15.7 Å². The van der Waals surface area contributed by atoms with Gasteiger partial charge in [0.1, 0.15) is 6.20 Å². The van der Waals surface area contributed by atoms with Crippen LogP contribution in [0.15, 0.2) is 12.5 Å². The highest BCUT2D eigenvalue weighted by Gasteiger charge is 2.15. The standard InChI is InChI=1S/C8H11N2/c1-2-4-8(3-1)10-6-5-9-7-10/h6-8H,1-4H2. The Morgan fingerprint density at radius 3 is 2.80 bits per heavy atom. The Hall–Kier alpha value is -0.790. The summed E-state index contributed by atoms with van der Waals surface area (Å²) in [6.07, 6.45) is 12.0. The molecule has 2 heteroatoms. The van der Waals surface area contributed by atoms with Crippen LogP contribution >= 0.6 is 0 Å². The fourth-order valence-electron chi connectivity index (χ4n) is 1.64. The molecule has 0 aliphatic heterocycles. The third-order valence-electron chi connectivity index (χ3n) is 2.22. The molecule has 0 aromatic carbocycles. The Bertz CT molecular complexity index is 185. The van der Waals surface area contributed by atoms with E-state index in [1.54, 1.807) is 0 Å². The Labute approximate surface area is 60.9 Å². The highest BCUT2D eigenvalue weighted by molar-refractivity contribution is 4.81. The second-order valence-corrected chi connectivity index (χ2v) is 2.89. The molecule has 1 aliphatic carbocycles. The molecule has 1 fully saturated rings. The number of aromatic nitrogens is 2. The second kappa shape index (κ2) is 2.45. The molecule has 1 heterocycles. The average Bonchev–Trinajstić information content (AvgIpc) is 2.59. The highest BCUT2D eigenvalue weighted by atomic mass is 15.0. The fourth-order valence-corrected chi connectivity index (χ4v) is 1.64. The lowest BCUT2D eigenvalue weighted by Gasteiger charge is -2.08. The number of rotatable bonds is 1. The SMILES string of the molecule is [c]1cn(C2CCCC2)cn1. The summed E-state index contributed by atoms with van der Waals surface area (Å²) in [5.74, 6) is 0. The van der Waals surface area contributed by atoms with E-state index < -0.39 is 0 Å². The van der Waals surface area contributed by atoms with E-state index in [0.29, 0.717) is 0 Å². The number of nitrogens with zero attached hydrogens (tertiary/aromatic N) is 2. The lowest BCUT2D eigenvalue weighted by molar-refractivity contribution is 0.518. The first-order chi connectivity index (χ1) is 4.97. The van der Waals surface area contributed by atoms with Gasteiger partial charge in [-0.1, -0.05) is 12.8 Å². The smallest absolute Gasteiger partial charge is 0.108 e. The van der Waals surface area contributed by atoms with Crippen LogP contribution in [0.2, 0.25) is 0 Å². The van der Waals surface area contributed by atoms with Crippen molar-refractivity contribution in [3.8, 4) is 0 Å². The minimum Gasteiger partial charge on any atom is -0.334 e. The van der Waals surface area contributed by atoms with Gasteiger partial charge in [-0.15, -0.1) is 0 Å². The maximum atomic E-state index is 3.90. The molecule has 1 aliphatic rings. The Morgan fingerprint density at radius 2 is 2.20 bits per heavy atom. The highest BCUT2D eigenvalue weighted by Crippen LogP contribution is 2.28. The van der Waals surface area contributed by atoms with Crippen molar-refractivity contribution < 1.29 is 0 Å². The molecule has 10 heavy (non-hydrogen) atoms. The van der Waals surface area contributed by atoms with E-state index in [9.17, 15) is 0 Å². The zero-order valence-corrected chi connectivity index (χ0v) is 5.95. The van der Waals surface area contributed by atoms with Crippen molar-refractivity contribution in [2.75, 3.05) is 0 Å². The van der Waals surface area contributed by atoms with Gasteiger partial charge < -0.3 is 4.57 Å². The van der Waals surface area contributed by atoms with E-state index in [-0.39, 0.29) is 0 Å². The molecule has 0 amide bonds. The van der Waals surface area contributed by atoms with Gasteiger partial charge in [0.05, 0.1) is 6.33 Å². The average molecular weight is 135 g/mol. The normalized spacial score (nSPS) is 20.0. The molecule has 0 spiro atoms. The molecular formula is C8H11N2. The van der Waals surface area contributed by atoms with Gasteiger partial charge in [0.15, 0.2) is 0 Å². The quantitative estimate of drug-likeness (QED) is 0.574. The van der Waals surface area contributed by atoms with Crippen LogP contribution in [0.5, 0.6) is 0 Å². The van der Waals surface area contributed by atoms with E-state index in [1.807, 2.05) is 12.5 Å². The first kappa shape index (κ1) is 5.96. The van der Waals surface area contributed by atoms with Gasteiger partial charge in [0.2, 0.25) is 0 Å². The predicted octanol–water partition coefficient (Wildman–Crippen LogP) is 1.80. The molecule has 1 aromatic rings. The summed E-state index contributed by atoms with van der Waals surface area (Å²) in [5, 5.41) is 0. The maximum absolute atomic E-state index is 3.90. The van der Waals surface area contributed by atoms with Crippen LogP contribution in [-0.4, -0.2) is 9.55 Å². The van der Waals surface area contributed by atoms with Crippen molar-refractivity contribution >= 4 is 0 Å². The molecule has 0 atom stereocenters. The van der Waals surface area contributed by atoms with E-state index in [0.717, 1.165) is 6.04 Å². The lowest BCUT2D eigenvalue weighted by Crippen LogP contribution is -2.00. The van der Waals surface area contributed by atoms with Crippen molar-refractivity contribution in [2.45, 2.75) is 31.7 Å². The van der Waals surface area contributed by atoms with Crippen molar-refractivity contribution in [3.63, 3.8) is 0 Å². The molecule has 1 saturated carbocycles. The fraction of sp³-hybridized carbons (Fsp3) is 0.625. The Morgan fingerprint density at radius 1 is 1.40 bits per heavy atom. The molecule has 0 unspecified atom stereocenters. The van der Waals surface area contributed by atoms with Gasteiger partial charge in [-0.3, -0.25) is 0 Å². The van der Waals surface area contributed by atoms with Crippen LogP contribution in [-0.2, 0) is 0 Å². The molecule has 0 saturated heterocycles. The molecule has 2 nitrogen and oxygen atoms in total. The summed E-state index contributed by atoms with van der Waals surface area (Å²) >= 11 is 0. The van der Waals surface area contributed by atoms with Gasteiger partial charge in [0.25, 0.3) is 0 Å². The summed E-state index contributed by atoms with van der Waals surface area (Å²) in [4.78, 5) is 3.90. The van der Waals surface area contributed by atoms with Crippen molar-refractivity contribution in [1.82, 2.24) is 9.55 Å². The van der Waals surface area contributed by atoms with Crippen molar-refractivity contribution in [2.24, 2.45) is 0 Å². The van der Waals surface area contributed by atoms with Gasteiger partial charge in [-0.05, 0) is 12.8 Å². The van der Waals surface area contributed by atoms with Gasteiger partial charge in [-0.2, -0.15) is 0 Å². The summed E-state index contributed by atoms with van der Waals surface area (Å²) in [6.45, 7) is 0. The van der Waals surface area contributed by atoms with Gasteiger partial charge in [-0.25, -0.2) is 4.98 Å². The van der Waals surface area contributed by atoms with Gasteiger partial charge >= 0.3 is 0 Å². The van der Waals surface area contributed by atoms with Gasteiger partial charge in [0, 0.05) is 12.2 Å².